The summed E-state index contributed by atoms with van der Waals surface area (Å²) in [5, 5.41) is 3.68. The largest absolute Gasteiger partial charge is 0.454 e. The summed E-state index contributed by atoms with van der Waals surface area (Å²) >= 11 is 9.30. The quantitative estimate of drug-likeness (QED) is 0.862. The summed E-state index contributed by atoms with van der Waals surface area (Å²) in [6, 6.07) is 9.40. The molecule has 4 nitrogen and oxygen atoms in total. The summed E-state index contributed by atoms with van der Waals surface area (Å²) < 4.78 is 11.6. The van der Waals surface area contributed by atoms with Gasteiger partial charge in [-0.05, 0) is 45.8 Å². The highest BCUT2D eigenvalue weighted by atomic mass is 79.9. The van der Waals surface area contributed by atoms with Gasteiger partial charge in [0.05, 0.1) is 4.47 Å². The third-order valence-corrected chi connectivity index (χ3v) is 3.48. The van der Waals surface area contributed by atoms with Gasteiger partial charge < -0.3 is 14.8 Å². The Bertz CT molecular complexity index is 622. The molecule has 0 saturated heterocycles. The van der Waals surface area contributed by atoms with Crippen LogP contribution in [-0.2, 0) is 6.54 Å². The number of benzene rings is 1. The molecule has 0 spiro atoms. The first-order valence-corrected chi connectivity index (χ1v) is 6.84. The number of nitrogens with zero attached hydrogens (tertiary/aromatic N) is 1. The molecule has 1 aromatic heterocycles. The zero-order chi connectivity index (χ0) is 13.2. The van der Waals surface area contributed by atoms with E-state index in [0.717, 1.165) is 27.4 Å². The zero-order valence-electron chi connectivity index (χ0n) is 9.82. The Morgan fingerprint density at radius 3 is 3.05 bits per heavy atom. The summed E-state index contributed by atoms with van der Waals surface area (Å²) in [4.78, 5) is 4.17. The summed E-state index contributed by atoms with van der Waals surface area (Å²) in [6.07, 6.45) is 0. The Morgan fingerprint density at radius 2 is 2.21 bits per heavy atom. The Hall–Kier alpha value is -1.46. The number of hydrogen-bond donors (Lipinski definition) is 1. The van der Waals surface area contributed by atoms with Gasteiger partial charge in [-0.25, -0.2) is 4.98 Å². The molecular weight excluding hydrogens is 332 g/mol. The average Bonchev–Trinajstić information content (AvgIpc) is 2.85. The Labute approximate surface area is 123 Å². The highest BCUT2D eigenvalue weighted by Crippen LogP contribution is 2.40. The number of aromatic nitrogens is 1. The van der Waals surface area contributed by atoms with Crippen molar-refractivity contribution in [1.82, 2.24) is 4.98 Å². The lowest BCUT2D eigenvalue weighted by Crippen LogP contribution is -2.01. The van der Waals surface area contributed by atoms with Crippen LogP contribution in [0.1, 0.15) is 5.56 Å². The lowest BCUT2D eigenvalue weighted by atomic mass is 10.2. The Kier molecular flexibility index (Phi) is 3.48. The molecule has 0 unspecified atom stereocenters. The highest BCUT2D eigenvalue weighted by Gasteiger charge is 2.17. The number of ether oxygens (including phenoxy) is 2. The molecule has 1 N–H and O–H groups in total. The van der Waals surface area contributed by atoms with Crippen LogP contribution in [0.2, 0.25) is 5.15 Å². The van der Waals surface area contributed by atoms with Crippen molar-refractivity contribution in [3.8, 4) is 11.5 Å². The van der Waals surface area contributed by atoms with Gasteiger partial charge in [0.1, 0.15) is 11.0 Å². The molecular formula is C13H10BrClN2O2. The van der Waals surface area contributed by atoms with Crippen LogP contribution in [0, 0.1) is 0 Å². The van der Waals surface area contributed by atoms with Gasteiger partial charge in [-0.15, -0.1) is 0 Å². The molecule has 0 saturated carbocycles. The van der Waals surface area contributed by atoms with Crippen LogP contribution in [-0.4, -0.2) is 11.8 Å². The number of halogens is 2. The number of anilines is 1. The van der Waals surface area contributed by atoms with Crippen molar-refractivity contribution in [2.75, 3.05) is 12.1 Å². The predicted molar refractivity (Wildman–Crippen MR) is 76.8 cm³/mol. The van der Waals surface area contributed by atoms with Crippen LogP contribution in [0.5, 0.6) is 11.5 Å². The molecule has 2 heterocycles. The number of hydrogen-bond acceptors (Lipinski definition) is 4. The molecule has 0 atom stereocenters. The predicted octanol–water partition coefficient (Wildman–Crippen LogP) is 3.84. The first-order valence-electron chi connectivity index (χ1n) is 5.67. The molecule has 1 aromatic carbocycles. The second-order valence-electron chi connectivity index (χ2n) is 4.01. The Balaban J connectivity index is 1.76. The van der Waals surface area contributed by atoms with Crippen LogP contribution >= 0.6 is 27.5 Å². The van der Waals surface area contributed by atoms with Gasteiger partial charge in [0.15, 0.2) is 11.5 Å². The zero-order valence-corrected chi connectivity index (χ0v) is 12.2. The van der Waals surface area contributed by atoms with E-state index >= 15 is 0 Å². The molecule has 19 heavy (non-hydrogen) atoms. The van der Waals surface area contributed by atoms with Gasteiger partial charge in [0.25, 0.3) is 0 Å². The van der Waals surface area contributed by atoms with Gasteiger partial charge in [0, 0.05) is 6.54 Å². The smallest absolute Gasteiger partial charge is 0.231 e. The number of fused-ring (bicyclic) bond motifs is 1. The van der Waals surface area contributed by atoms with Gasteiger partial charge in [0.2, 0.25) is 6.79 Å². The van der Waals surface area contributed by atoms with Crippen molar-refractivity contribution >= 4 is 33.3 Å². The van der Waals surface area contributed by atoms with Crippen LogP contribution in [0.15, 0.2) is 34.8 Å². The third kappa shape index (κ3) is 2.77. The van der Waals surface area contributed by atoms with Gasteiger partial charge in [-0.3, -0.25) is 0 Å². The maximum absolute atomic E-state index is 5.83. The molecule has 6 heteroatoms. The van der Waals surface area contributed by atoms with E-state index in [1.165, 1.54) is 0 Å². The highest BCUT2D eigenvalue weighted by molar-refractivity contribution is 9.10. The summed E-state index contributed by atoms with van der Waals surface area (Å²) in [5.74, 6) is 2.25. The Morgan fingerprint density at radius 1 is 1.32 bits per heavy atom. The third-order valence-electron chi connectivity index (χ3n) is 2.68. The molecule has 2 aromatic rings. The monoisotopic (exact) mass is 340 g/mol. The van der Waals surface area contributed by atoms with Crippen LogP contribution < -0.4 is 14.8 Å². The van der Waals surface area contributed by atoms with E-state index < -0.39 is 0 Å². The van der Waals surface area contributed by atoms with Crippen molar-refractivity contribution < 1.29 is 9.47 Å². The molecule has 0 bridgehead atoms. The van der Waals surface area contributed by atoms with Crippen molar-refractivity contribution in [2.24, 2.45) is 0 Å². The molecule has 1 aliphatic rings. The fourth-order valence-corrected chi connectivity index (χ4v) is 2.59. The average molecular weight is 342 g/mol. The molecule has 0 aliphatic carbocycles. The topological polar surface area (TPSA) is 43.4 Å². The summed E-state index contributed by atoms with van der Waals surface area (Å²) in [7, 11) is 0. The van der Waals surface area contributed by atoms with Crippen LogP contribution in [0.3, 0.4) is 0 Å². The minimum atomic E-state index is 0.265. The van der Waals surface area contributed by atoms with E-state index in [4.69, 9.17) is 21.1 Å². The lowest BCUT2D eigenvalue weighted by molar-refractivity contribution is 0.173. The fraction of sp³-hybridized carbons (Fsp3) is 0.154. The van der Waals surface area contributed by atoms with E-state index in [1.807, 2.05) is 24.3 Å². The maximum Gasteiger partial charge on any atom is 0.231 e. The van der Waals surface area contributed by atoms with Crippen molar-refractivity contribution in [3.63, 3.8) is 0 Å². The van der Waals surface area contributed by atoms with Crippen LogP contribution in [0.4, 0.5) is 5.82 Å². The second kappa shape index (κ2) is 5.27. The molecule has 1 aliphatic heterocycles. The van der Waals surface area contributed by atoms with E-state index in [0.29, 0.717) is 11.7 Å². The van der Waals surface area contributed by atoms with Gasteiger partial charge in [-0.2, -0.15) is 0 Å². The lowest BCUT2D eigenvalue weighted by Gasteiger charge is -2.08. The van der Waals surface area contributed by atoms with Crippen molar-refractivity contribution in [1.29, 1.82) is 0 Å². The van der Waals surface area contributed by atoms with E-state index in [-0.39, 0.29) is 6.79 Å². The fourth-order valence-electron chi connectivity index (χ4n) is 1.82. The molecule has 0 fully saturated rings. The van der Waals surface area contributed by atoms with E-state index in [9.17, 15) is 0 Å². The molecule has 0 radical (unpaired) electrons. The molecule has 3 rings (SSSR count). The summed E-state index contributed by atoms with van der Waals surface area (Å²) in [5.41, 5.74) is 1.07. The standard InChI is InChI=1S/C13H10BrClN2O2/c14-9-4-8(5-10-13(9)19-7-18-10)6-16-12-3-1-2-11(15)17-12/h1-5H,6-7H2,(H,16,17). The molecule has 0 amide bonds. The molecule has 98 valence electrons. The first-order chi connectivity index (χ1) is 9.22. The van der Waals surface area contributed by atoms with Crippen molar-refractivity contribution in [3.05, 3.63) is 45.5 Å². The SMILES string of the molecule is Clc1cccc(NCc2cc(Br)c3c(c2)OCO3)n1. The number of rotatable bonds is 3. The second-order valence-corrected chi connectivity index (χ2v) is 5.25. The normalized spacial score (nSPS) is 12.5. The maximum atomic E-state index is 5.83. The first kappa shape index (κ1) is 12.6. The van der Waals surface area contributed by atoms with Crippen molar-refractivity contribution in [2.45, 2.75) is 6.54 Å². The van der Waals surface area contributed by atoms with E-state index in [2.05, 4.69) is 26.2 Å². The minimum absolute atomic E-state index is 0.265. The minimum Gasteiger partial charge on any atom is -0.454 e. The van der Waals surface area contributed by atoms with Crippen LogP contribution in [0.25, 0.3) is 0 Å². The number of pyridine rings is 1. The van der Waals surface area contributed by atoms with E-state index in [1.54, 1.807) is 6.07 Å². The van der Waals surface area contributed by atoms with Gasteiger partial charge in [-0.1, -0.05) is 17.7 Å². The number of nitrogens with one attached hydrogen (secondary N) is 1. The summed E-state index contributed by atoms with van der Waals surface area (Å²) in [6.45, 7) is 0.892. The van der Waals surface area contributed by atoms with Gasteiger partial charge >= 0.3 is 0 Å².